The summed E-state index contributed by atoms with van der Waals surface area (Å²) in [6.07, 6.45) is 1.47. The van der Waals surface area contributed by atoms with Crippen LogP contribution in [-0.4, -0.2) is 23.9 Å². The van der Waals surface area contributed by atoms with Gasteiger partial charge in [-0.2, -0.15) is 0 Å². The summed E-state index contributed by atoms with van der Waals surface area (Å²) in [5, 5.41) is 0.318. The molecule has 0 fully saturated rings. The zero-order valence-electron chi connectivity index (χ0n) is 5.75. The van der Waals surface area contributed by atoms with Gasteiger partial charge in [0.25, 0.3) is 0 Å². The molecule has 0 aliphatic carbocycles. The molecular weight excluding hydrogens is 205 g/mol. The second kappa shape index (κ2) is 3.67. The van der Waals surface area contributed by atoms with Crippen LogP contribution in [-0.2, 0) is 0 Å². The van der Waals surface area contributed by atoms with Gasteiger partial charge in [0.15, 0.2) is 5.78 Å². The number of hydrogen-bond donors (Lipinski definition) is 0. The number of carbonyl (C=O) groups excluding carboxylic acids is 1. The zero-order valence-corrected chi connectivity index (χ0v) is 7.34. The van der Waals surface area contributed by atoms with Gasteiger partial charge in [0.05, 0.1) is 5.33 Å². The summed E-state index contributed by atoms with van der Waals surface area (Å²) in [6.45, 7) is 0. The standard InChI is InChI=1S/C7H5BBrNO/c8-7-2-1-5(4-10-7)6(11)3-9/h1-2,4H,3H2. The van der Waals surface area contributed by atoms with Crippen molar-refractivity contribution in [1.29, 1.82) is 0 Å². The minimum atomic E-state index is 0.0116. The van der Waals surface area contributed by atoms with Crippen LogP contribution in [0, 0.1) is 0 Å². The molecule has 0 aliphatic heterocycles. The van der Waals surface area contributed by atoms with Crippen LogP contribution in [0.4, 0.5) is 0 Å². The van der Waals surface area contributed by atoms with Gasteiger partial charge in [-0.15, -0.1) is 0 Å². The molecule has 54 valence electrons. The lowest BCUT2D eigenvalue weighted by Gasteiger charge is -1.95. The second-order valence-corrected chi connectivity index (χ2v) is 2.59. The smallest absolute Gasteiger partial charge is 0.174 e. The Balaban J connectivity index is 2.90. The average molecular weight is 210 g/mol. The van der Waals surface area contributed by atoms with Crippen molar-refractivity contribution in [1.82, 2.24) is 4.98 Å². The number of aromatic nitrogens is 1. The minimum absolute atomic E-state index is 0.0116. The number of ketones is 1. The minimum Gasteiger partial charge on any atom is -0.293 e. The van der Waals surface area contributed by atoms with Gasteiger partial charge in [0.2, 0.25) is 0 Å². The van der Waals surface area contributed by atoms with E-state index in [2.05, 4.69) is 20.9 Å². The summed E-state index contributed by atoms with van der Waals surface area (Å²) in [5.41, 5.74) is 1.01. The van der Waals surface area contributed by atoms with Crippen molar-refractivity contribution < 1.29 is 4.79 Å². The first-order chi connectivity index (χ1) is 5.24. The summed E-state index contributed by atoms with van der Waals surface area (Å²) in [5.74, 6) is 0.0116. The van der Waals surface area contributed by atoms with Gasteiger partial charge in [-0.3, -0.25) is 9.78 Å². The fourth-order valence-corrected chi connectivity index (χ4v) is 0.971. The lowest BCUT2D eigenvalue weighted by Crippen LogP contribution is -2.09. The summed E-state index contributed by atoms with van der Waals surface area (Å²) in [4.78, 5) is 14.8. The summed E-state index contributed by atoms with van der Waals surface area (Å²) >= 11 is 3.06. The number of rotatable bonds is 2. The number of pyridine rings is 1. The van der Waals surface area contributed by atoms with Gasteiger partial charge in [0, 0.05) is 11.8 Å². The predicted octanol–water partition coefficient (Wildman–Crippen LogP) is 0.453. The van der Waals surface area contributed by atoms with Crippen molar-refractivity contribution in [3.8, 4) is 0 Å². The normalized spacial score (nSPS) is 9.55. The fourth-order valence-electron chi connectivity index (χ4n) is 0.647. The molecule has 4 heteroatoms. The Labute approximate surface area is 74.6 Å². The molecule has 2 nitrogen and oxygen atoms in total. The fraction of sp³-hybridized carbons (Fsp3) is 0.143. The number of Topliss-reactive ketones (excluding diaryl/α,β-unsaturated/α-hetero) is 1. The molecule has 0 aliphatic rings. The molecule has 0 amide bonds. The predicted molar refractivity (Wildman–Crippen MR) is 47.7 cm³/mol. The molecule has 0 saturated carbocycles. The highest BCUT2D eigenvalue weighted by Gasteiger charge is 2.01. The van der Waals surface area contributed by atoms with E-state index in [4.69, 9.17) is 7.85 Å². The van der Waals surface area contributed by atoms with Crippen LogP contribution in [0.1, 0.15) is 10.4 Å². The van der Waals surface area contributed by atoms with E-state index in [1.807, 2.05) is 0 Å². The average Bonchev–Trinajstić information content (AvgIpc) is 2.05. The molecule has 0 aromatic carbocycles. The van der Waals surface area contributed by atoms with Crippen LogP contribution in [0.25, 0.3) is 0 Å². The first kappa shape index (κ1) is 8.46. The number of halogens is 1. The number of carbonyl (C=O) groups is 1. The van der Waals surface area contributed by atoms with Crippen molar-refractivity contribution in [2.75, 3.05) is 5.33 Å². The molecule has 11 heavy (non-hydrogen) atoms. The summed E-state index contributed by atoms with van der Waals surface area (Å²) < 4.78 is 0. The quantitative estimate of drug-likeness (QED) is 0.403. The van der Waals surface area contributed by atoms with Crippen LogP contribution in [0.3, 0.4) is 0 Å². The van der Waals surface area contributed by atoms with E-state index in [0.29, 0.717) is 16.5 Å². The number of nitrogens with zero attached hydrogens (tertiary/aromatic N) is 1. The highest BCUT2D eigenvalue weighted by molar-refractivity contribution is 9.09. The van der Waals surface area contributed by atoms with Gasteiger partial charge in [-0.1, -0.05) is 22.0 Å². The molecular formula is C7H5BBrNO. The zero-order chi connectivity index (χ0) is 8.27. The van der Waals surface area contributed by atoms with Gasteiger partial charge in [-0.05, 0) is 11.7 Å². The molecule has 0 spiro atoms. The van der Waals surface area contributed by atoms with Gasteiger partial charge in [0.1, 0.15) is 7.85 Å². The van der Waals surface area contributed by atoms with Crippen molar-refractivity contribution in [2.45, 2.75) is 0 Å². The third-order valence-electron chi connectivity index (χ3n) is 1.23. The summed E-state index contributed by atoms with van der Waals surface area (Å²) in [7, 11) is 5.33. The maximum Gasteiger partial charge on any atom is 0.174 e. The van der Waals surface area contributed by atoms with E-state index in [1.165, 1.54) is 6.20 Å². The van der Waals surface area contributed by atoms with Crippen LogP contribution >= 0.6 is 15.9 Å². The third-order valence-corrected chi connectivity index (χ3v) is 1.74. The Hall–Kier alpha value is -0.635. The van der Waals surface area contributed by atoms with Gasteiger partial charge >= 0.3 is 0 Å². The Bertz CT molecular complexity index is 260. The van der Waals surface area contributed by atoms with E-state index >= 15 is 0 Å². The van der Waals surface area contributed by atoms with E-state index in [0.717, 1.165) is 0 Å². The topological polar surface area (TPSA) is 30.0 Å². The maximum atomic E-state index is 11.0. The molecule has 1 rings (SSSR count). The van der Waals surface area contributed by atoms with E-state index in [9.17, 15) is 4.79 Å². The van der Waals surface area contributed by atoms with Gasteiger partial charge < -0.3 is 0 Å². The lowest BCUT2D eigenvalue weighted by molar-refractivity contribution is 0.102. The molecule has 1 aromatic heterocycles. The molecule has 0 unspecified atom stereocenters. The lowest BCUT2D eigenvalue weighted by atomic mass is 10.0. The summed E-state index contributed by atoms with van der Waals surface area (Å²) in [6, 6.07) is 3.27. The van der Waals surface area contributed by atoms with Gasteiger partial charge in [-0.25, -0.2) is 0 Å². The van der Waals surface area contributed by atoms with Crippen molar-refractivity contribution in [3.63, 3.8) is 0 Å². The van der Waals surface area contributed by atoms with E-state index < -0.39 is 0 Å². The Kier molecular flexibility index (Phi) is 2.82. The third kappa shape index (κ3) is 2.15. The van der Waals surface area contributed by atoms with Crippen LogP contribution < -0.4 is 5.59 Å². The largest absolute Gasteiger partial charge is 0.293 e. The Morgan fingerprint density at radius 3 is 2.82 bits per heavy atom. The highest BCUT2D eigenvalue weighted by Crippen LogP contribution is 1.98. The Morgan fingerprint density at radius 1 is 1.64 bits per heavy atom. The van der Waals surface area contributed by atoms with Crippen LogP contribution in [0.15, 0.2) is 18.3 Å². The molecule has 0 atom stereocenters. The van der Waals surface area contributed by atoms with Crippen molar-refractivity contribution >= 4 is 35.2 Å². The van der Waals surface area contributed by atoms with E-state index in [-0.39, 0.29) is 5.78 Å². The first-order valence-electron chi connectivity index (χ1n) is 3.04. The van der Waals surface area contributed by atoms with Crippen LogP contribution in [0.2, 0.25) is 0 Å². The second-order valence-electron chi connectivity index (χ2n) is 2.03. The molecule has 0 saturated heterocycles. The monoisotopic (exact) mass is 209 g/mol. The van der Waals surface area contributed by atoms with Crippen LogP contribution in [0.5, 0.6) is 0 Å². The van der Waals surface area contributed by atoms with E-state index in [1.54, 1.807) is 12.1 Å². The molecule has 1 aromatic rings. The molecule has 0 bridgehead atoms. The molecule has 0 N–H and O–H groups in total. The Morgan fingerprint density at radius 2 is 2.36 bits per heavy atom. The first-order valence-corrected chi connectivity index (χ1v) is 4.17. The maximum absolute atomic E-state index is 11.0. The number of alkyl halides is 1. The molecule has 1 heterocycles. The highest BCUT2D eigenvalue weighted by atomic mass is 79.9. The molecule has 2 radical (unpaired) electrons. The van der Waals surface area contributed by atoms with Crippen molar-refractivity contribution in [2.24, 2.45) is 0 Å². The van der Waals surface area contributed by atoms with Crippen molar-refractivity contribution in [3.05, 3.63) is 23.9 Å². The number of hydrogen-bond acceptors (Lipinski definition) is 2. The SMILES string of the molecule is [B]c1ccc(C(=O)CBr)cn1.